The number of alkyl halides is 5. The van der Waals surface area contributed by atoms with Crippen LogP contribution in [0.5, 0.6) is 0 Å². The van der Waals surface area contributed by atoms with Gasteiger partial charge in [-0.25, -0.2) is 4.79 Å². The fourth-order valence-electron chi connectivity index (χ4n) is 0.883. The lowest BCUT2D eigenvalue weighted by molar-refractivity contribution is -0.341. The molecule has 18 heavy (non-hydrogen) atoms. The Morgan fingerprint density at radius 2 is 1.67 bits per heavy atom. The van der Waals surface area contributed by atoms with Crippen molar-refractivity contribution < 1.29 is 41.0 Å². The molecule has 0 aliphatic heterocycles. The summed E-state index contributed by atoms with van der Waals surface area (Å²) in [7, 11) is 0. The van der Waals surface area contributed by atoms with E-state index in [1.165, 1.54) is 0 Å². The SMILES string of the molecule is C=C(F)C(=O)OC(C)C(F)(F)C(C)(O)C(F)(F)F. The first-order chi connectivity index (χ1) is 7.75. The van der Waals surface area contributed by atoms with Gasteiger partial charge in [-0.1, -0.05) is 6.58 Å². The van der Waals surface area contributed by atoms with Gasteiger partial charge in [0.25, 0.3) is 0 Å². The molecule has 0 saturated heterocycles. The van der Waals surface area contributed by atoms with Gasteiger partial charge < -0.3 is 9.84 Å². The molecular formula is C9H10F6O3. The van der Waals surface area contributed by atoms with Crippen molar-refractivity contribution in [3.63, 3.8) is 0 Å². The van der Waals surface area contributed by atoms with E-state index in [1.807, 2.05) is 0 Å². The second-order valence-corrected chi connectivity index (χ2v) is 3.65. The molecule has 0 aliphatic carbocycles. The van der Waals surface area contributed by atoms with Gasteiger partial charge in [-0.15, -0.1) is 0 Å². The van der Waals surface area contributed by atoms with E-state index in [-0.39, 0.29) is 6.92 Å². The van der Waals surface area contributed by atoms with E-state index >= 15 is 0 Å². The lowest BCUT2D eigenvalue weighted by atomic mass is 9.93. The molecule has 0 aliphatic rings. The summed E-state index contributed by atoms with van der Waals surface area (Å²) in [5.74, 6) is -8.54. The van der Waals surface area contributed by atoms with Crippen molar-refractivity contribution in [2.75, 3.05) is 0 Å². The minimum atomic E-state index is -5.66. The lowest BCUT2D eigenvalue weighted by Gasteiger charge is -2.36. The Bertz CT molecular complexity index is 347. The van der Waals surface area contributed by atoms with E-state index in [2.05, 4.69) is 11.3 Å². The van der Waals surface area contributed by atoms with Crippen molar-refractivity contribution in [1.29, 1.82) is 0 Å². The Hall–Kier alpha value is -1.25. The molecule has 0 spiro atoms. The van der Waals surface area contributed by atoms with Crippen molar-refractivity contribution >= 4 is 5.97 Å². The molecule has 0 heterocycles. The summed E-state index contributed by atoms with van der Waals surface area (Å²) < 4.78 is 79.2. The van der Waals surface area contributed by atoms with Crippen LogP contribution in [0, 0.1) is 0 Å². The highest BCUT2D eigenvalue weighted by atomic mass is 19.4. The van der Waals surface area contributed by atoms with Crippen LogP contribution < -0.4 is 0 Å². The zero-order valence-electron chi connectivity index (χ0n) is 9.32. The summed E-state index contributed by atoms with van der Waals surface area (Å²) >= 11 is 0. The molecular weight excluding hydrogens is 270 g/mol. The Morgan fingerprint density at radius 3 is 1.94 bits per heavy atom. The zero-order valence-corrected chi connectivity index (χ0v) is 9.32. The molecule has 0 saturated carbocycles. The number of carbonyl (C=O) groups excluding carboxylic acids is 1. The van der Waals surface area contributed by atoms with Gasteiger partial charge >= 0.3 is 18.1 Å². The van der Waals surface area contributed by atoms with Crippen LogP contribution in [0.4, 0.5) is 26.3 Å². The maximum Gasteiger partial charge on any atom is 0.423 e. The molecule has 106 valence electrons. The molecule has 0 radical (unpaired) electrons. The second-order valence-electron chi connectivity index (χ2n) is 3.65. The molecule has 0 fully saturated rings. The monoisotopic (exact) mass is 280 g/mol. The normalized spacial score (nSPS) is 17.8. The number of aliphatic hydroxyl groups is 1. The first-order valence-electron chi connectivity index (χ1n) is 4.47. The van der Waals surface area contributed by atoms with Crippen molar-refractivity contribution in [3.05, 3.63) is 12.4 Å². The summed E-state index contributed by atoms with van der Waals surface area (Å²) in [4.78, 5) is 10.6. The molecule has 1 N–H and O–H groups in total. The Kier molecular flexibility index (Phi) is 4.46. The van der Waals surface area contributed by atoms with Crippen LogP contribution in [0.3, 0.4) is 0 Å². The van der Waals surface area contributed by atoms with Gasteiger partial charge in [0.15, 0.2) is 6.10 Å². The Morgan fingerprint density at radius 1 is 1.28 bits per heavy atom. The fourth-order valence-corrected chi connectivity index (χ4v) is 0.883. The summed E-state index contributed by atoms with van der Waals surface area (Å²) in [6.07, 6.45) is -8.36. The third-order valence-corrected chi connectivity index (χ3v) is 2.22. The number of rotatable bonds is 4. The average molecular weight is 280 g/mol. The van der Waals surface area contributed by atoms with E-state index in [0.29, 0.717) is 6.92 Å². The third-order valence-electron chi connectivity index (χ3n) is 2.22. The largest absolute Gasteiger partial charge is 0.451 e. The second kappa shape index (κ2) is 4.79. The van der Waals surface area contributed by atoms with Gasteiger partial charge in [-0.05, 0) is 13.8 Å². The molecule has 3 nitrogen and oxygen atoms in total. The van der Waals surface area contributed by atoms with Crippen molar-refractivity contribution in [3.8, 4) is 0 Å². The van der Waals surface area contributed by atoms with Crippen molar-refractivity contribution in [2.24, 2.45) is 0 Å². The molecule has 2 atom stereocenters. The average Bonchev–Trinajstić information content (AvgIpc) is 2.14. The van der Waals surface area contributed by atoms with E-state index < -0.39 is 35.6 Å². The third kappa shape index (κ3) is 2.95. The Labute approximate surface area is 98.0 Å². The maximum absolute atomic E-state index is 13.3. The van der Waals surface area contributed by atoms with Crippen LogP contribution in [0.15, 0.2) is 12.4 Å². The van der Waals surface area contributed by atoms with E-state index in [1.54, 1.807) is 0 Å². The number of ether oxygens (including phenoxy) is 1. The Balaban J connectivity index is 5.15. The predicted octanol–water partition coefficient (Wildman–Crippen LogP) is 2.35. The summed E-state index contributed by atoms with van der Waals surface area (Å²) in [5.41, 5.74) is -4.43. The molecule has 0 aromatic rings. The smallest absolute Gasteiger partial charge is 0.423 e. The van der Waals surface area contributed by atoms with Gasteiger partial charge in [0.1, 0.15) is 0 Å². The first-order valence-corrected chi connectivity index (χ1v) is 4.47. The number of hydrogen-bond donors (Lipinski definition) is 1. The lowest BCUT2D eigenvalue weighted by Crippen LogP contribution is -2.61. The topological polar surface area (TPSA) is 46.5 Å². The van der Waals surface area contributed by atoms with Crippen molar-refractivity contribution in [2.45, 2.75) is 37.7 Å². The molecule has 0 rings (SSSR count). The number of carbonyl (C=O) groups is 1. The molecule has 0 aromatic heterocycles. The minimum absolute atomic E-state index is 0.179. The van der Waals surface area contributed by atoms with Crippen LogP contribution in [0.1, 0.15) is 13.8 Å². The van der Waals surface area contributed by atoms with Crippen LogP contribution >= 0.6 is 0 Å². The van der Waals surface area contributed by atoms with Crippen LogP contribution in [0.25, 0.3) is 0 Å². The highest BCUT2D eigenvalue weighted by molar-refractivity contribution is 5.85. The molecule has 0 bridgehead atoms. The summed E-state index contributed by atoms with van der Waals surface area (Å²) in [5, 5.41) is 8.82. The van der Waals surface area contributed by atoms with E-state index in [9.17, 15) is 31.1 Å². The minimum Gasteiger partial charge on any atom is -0.451 e. The summed E-state index contributed by atoms with van der Waals surface area (Å²) in [6, 6.07) is 0. The quantitative estimate of drug-likeness (QED) is 0.488. The zero-order chi connectivity index (χ0) is 14.9. The first kappa shape index (κ1) is 16.8. The standard InChI is InChI=1S/C9H10F6O3/c1-4(10)6(16)18-5(2)8(11,12)7(3,17)9(13,14)15/h5,17H,1H2,2-3H3. The van der Waals surface area contributed by atoms with Gasteiger partial charge in [0.05, 0.1) is 0 Å². The van der Waals surface area contributed by atoms with Crippen molar-refractivity contribution in [1.82, 2.24) is 0 Å². The van der Waals surface area contributed by atoms with Gasteiger partial charge in [0, 0.05) is 0 Å². The predicted molar refractivity (Wildman–Crippen MR) is 47.4 cm³/mol. The molecule has 9 heteroatoms. The van der Waals surface area contributed by atoms with Crippen LogP contribution in [0.2, 0.25) is 0 Å². The van der Waals surface area contributed by atoms with Gasteiger partial charge in [-0.3, -0.25) is 0 Å². The highest BCUT2D eigenvalue weighted by Crippen LogP contribution is 2.44. The van der Waals surface area contributed by atoms with Gasteiger partial charge in [0.2, 0.25) is 11.4 Å². The highest BCUT2D eigenvalue weighted by Gasteiger charge is 2.68. The fraction of sp³-hybridized carbons (Fsp3) is 0.667. The maximum atomic E-state index is 13.3. The number of halogens is 6. The van der Waals surface area contributed by atoms with Gasteiger partial charge in [-0.2, -0.15) is 26.3 Å². The van der Waals surface area contributed by atoms with Crippen LogP contribution in [-0.2, 0) is 9.53 Å². The van der Waals surface area contributed by atoms with E-state index in [4.69, 9.17) is 5.11 Å². The molecule has 0 aromatic carbocycles. The van der Waals surface area contributed by atoms with Crippen LogP contribution in [-0.4, -0.2) is 34.9 Å². The molecule has 0 amide bonds. The molecule has 2 unspecified atom stereocenters. The van der Waals surface area contributed by atoms with E-state index in [0.717, 1.165) is 0 Å². The summed E-state index contributed by atoms with van der Waals surface area (Å²) in [6.45, 7) is 2.64. The number of esters is 1. The number of hydrogen-bond acceptors (Lipinski definition) is 3.